The van der Waals surface area contributed by atoms with Gasteiger partial charge in [0.15, 0.2) is 0 Å². The molecule has 0 aliphatic carbocycles. The summed E-state index contributed by atoms with van der Waals surface area (Å²) in [6, 6.07) is 18.4. The number of carbonyl (C=O) groups is 1. The van der Waals surface area contributed by atoms with E-state index in [0.717, 1.165) is 17.7 Å². The molecule has 0 aliphatic rings. The second kappa shape index (κ2) is 9.07. The van der Waals surface area contributed by atoms with Crippen molar-refractivity contribution in [1.82, 2.24) is 9.88 Å². The second-order valence-electron chi connectivity index (χ2n) is 7.69. The fraction of sp³-hybridized carbons (Fsp3) is 0.160. The van der Waals surface area contributed by atoms with E-state index in [4.69, 9.17) is 0 Å². The van der Waals surface area contributed by atoms with Gasteiger partial charge >= 0.3 is 12.1 Å². The van der Waals surface area contributed by atoms with E-state index in [0.29, 0.717) is 22.0 Å². The zero-order chi connectivity index (χ0) is 23.6. The van der Waals surface area contributed by atoms with Crippen molar-refractivity contribution < 1.29 is 27.5 Å². The number of fused-ring (bicyclic) bond motifs is 1. The van der Waals surface area contributed by atoms with Gasteiger partial charge in [0.1, 0.15) is 12.0 Å². The van der Waals surface area contributed by atoms with Crippen molar-refractivity contribution in [3.8, 4) is 0 Å². The van der Waals surface area contributed by atoms with Crippen LogP contribution >= 0.6 is 0 Å². The summed E-state index contributed by atoms with van der Waals surface area (Å²) in [5, 5.41) is 13.0. The van der Waals surface area contributed by atoms with Gasteiger partial charge in [0.05, 0.1) is 17.5 Å². The van der Waals surface area contributed by atoms with Crippen LogP contribution in [0, 0.1) is 5.82 Å². The molecule has 1 heterocycles. The minimum Gasteiger partial charge on any atom is -0.481 e. The number of hydrogen-bond acceptors (Lipinski definition) is 2. The normalized spacial score (nSPS) is 12.7. The number of carboxylic acid groups (broad SMARTS) is 1. The molecule has 4 nitrogen and oxygen atoms in total. The van der Waals surface area contributed by atoms with Gasteiger partial charge in [-0.05, 0) is 41.0 Å². The largest absolute Gasteiger partial charge is 0.481 e. The van der Waals surface area contributed by atoms with Crippen LogP contribution < -0.4 is 5.32 Å². The summed E-state index contributed by atoms with van der Waals surface area (Å²) in [5.74, 6) is -1.54. The summed E-state index contributed by atoms with van der Waals surface area (Å²) < 4.78 is 55.0. The first-order chi connectivity index (χ1) is 15.7. The molecule has 0 saturated heterocycles. The maximum absolute atomic E-state index is 13.9. The molecule has 1 atom stereocenters. The molecule has 0 amide bonds. The molecule has 1 unspecified atom stereocenters. The van der Waals surface area contributed by atoms with E-state index in [2.05, 4.69) is 5.32 Å². The molecule has 0 saturated carbocycles. The van der Waals surface area contributed by atoms with Gasteiger partial charge in [-0.15, -0.1) is 0 Å². The number of hydrogen-bond donors (Lipinski definition) is 2. The molecule has 0 bridgehead atoms. The lowest BCUT2D eigenvalue weighted by Crippen LogP contribution is -2.27. The average molecular weight is 456 g/mol. The smallest absolute Gasteiger partial charge is 0.416 e. The fourth-order valence-electron chi connectivity index (χ4n) is 3.90. The third-order valence-corrected chi connectivity index (χ3v) is 5.37. The number of rotatable bonds is 7. The Bertz CT molecular complexity index is 1280. The highest BCUT2D eigenvalue weighted by atomic mass is 19.4. The number of benzene rings is 3. The molecule has 33 heavy (non-hydrogen) atoms. The van der Waals surface area contributed by atoms with Gasteiger partial charge in [0.2, 0.25) is 0 Å². The summed E-state index contributed by atoms with van der Waals surface area (Å²) in [5.41, 5.74) is 1.58. The second-order valence-corrected chi connectivity index (χ2v) is 7.69. The molecule has 4 rings (SSSR count). The molecule has 4 aromatic rings. The first-order valence-electron chi connectivity index (χ1n) is 10.2. The monoisotopic (exact) mass is 456 g/mol. The molecule has 0 fully saturated rings. The highest BCUT2D eigenvalue weighted by molar-refractivity contribution is 5.87. The zero-order valence-electron chi connectivity index (χ0n) is 17.3. The summed E-state index contributed by atoms with van der Waals surface area (Å²) in [6.45, 7) is 0.124. The van der Waals surface area contributed by atoms with Crippen molar-refractivity contribution in [1.29, 1.82) is 0 Å². The van der Waals surface area contributed by atoms with Crippen LogP contribution in [-0.4, -0.2) is 15.6 Å². The van der Waals surface area contributed by atoms with Crippen LogP contribution in [0.1, 0.15) is 28.4 Å². The summed E-state index contributed by atoms with van der Waals surface area (Å²) >= 11 is 0. The van der Waals surface area contributed by atoms with Crippen molar-refractivity contribution in [3.05, 3.63) is 107 Å². The van der Waals surface area contributed by atoms with Gasteiger partial charge in [-0.3, -0.25) is 10.1 Å². The number of alkyl halides is 3. The predicted octanol–water partition coefficient (Wildman–Crippen LogP) is 5.76. The van der Waals surface area contributed by atoms with E-state index in [-0.39, 0.29) is 13.0 Å². The van der Waals surface area contributed by atoms with E-state index in [9.17, 15) is 27.5 Å². The summed E-state index contributed by atoms with van der Waals surface area (Å²) in [6.07, 6.45) is -3.62. The molecule has 170 valence electrons. The van der Waals surface area contributed by atoms with Crippen molar-refractivity contribution in [2.45, 2.75) is 25.3 Å². The third kappa shape index (κ3) is 5.06. The molecule has 8 heteroatoms. The van der Waals surface area contributed by atoms with Gasteiger partial charge < -0.3 is 9.67 Å². The Balaban J connectivity index is 1.75. The number of aromatic nitrogens is 1. The summed E-state index contributed by atoms with van der Waals surface area (Å²) in [4.78, 5) is 11.4. The lowest BCUT2D eigenvalue weighted by atomic mass is 10.1. The van der Waals surface area contributed by atoms with E-state index in [1.165, 1.54) is 18.2 Å². The third-order valence-electron chi connectivity index (χ3n) is 5.37. The van der Waals surface area contributed by atoms with E-state index in [1.807, 2.05) is 30.3 Å². The van der Waals surface area contributed by atoms with Gasteiger partial charge in [-0.25, -0.2) is 4.39 Å². The Morgan fingerprint density at radius 1 is 1.00 bits per heavy atom. The number of carboxylic acids is 1. The topological polar surface area (TPSA) is 54.3 Å². The van der Waals surface area contributed by atoms with Gasteiger partial charge in [0.25, 0.3) is 0 Å². The number of aliphatic carboxylic acids is 1. The van der Waals surface area contributed by atoms with Crippen LogP contribution in [0.15, 0.2) is 79.0 Å². The Labute approximate surface area is 187 Å². The predicted molar refractivity (Wildman–Crippen MR) is 116 cm³/mol. The quantitative estimate of drug-likeness (QED) is 0.348. The van der Waals surface area contributed by atoms with E-state index >= 15 is 0 Å². The molecular weight excluding hydrogens is 436 g/mol. The molecule has 1 aromatic heterocycles. The molecule has 0 spiro atoms. The van der Waals surface area contributed by atoms with Crippen LogP contribution in [0.4, 0.5) is 17.6 Å². The van der Waals surface area contributed by atoms with E-state index in [1.54, 1.807) is 22.9 Å². The molecule has 2 N–H and O–H groups in total. The van der Waals surface area contributed by atoms with Crippen molar-refractivity contribution in [2.24, 2.45) is 0 Å². The van der Waals surface area contributed by atoms with Gasteiger partial charge in [-0.2, -0.15) is 13.2 Å². The number of nitrogens with one attached hydrogen (secondary N) is 1. The van der Waals surface area contributed by atoms with Crippen LogP contribution in [0.3, 0.4) is 0 Å². The van der Waals surface area contributed by atoms with Crippen LogP contribution in [-0.2, 0) is 23.9 Å². The van der Waals surface area contributed by atoms with Crippen LogP contribution in [0.25, 0.3) is 10.9 Å². The van der Waals surface area contributed by atoms with Gasteiger partial charge in [0, 0.05) is 18.1 Å². The highest BCUT2D eigenvalue weighted by Crippen LogP contribution is 2.31. The standard InChI is InChI=1S/C25H20F4N2O2/c26-20-9-10-22-21(13-20)18(12-23(32)33)15-31(22)24(17-6-2-1-3-7-17)30-14-16-5-4-8-19(11-16)25(27,28)29/h1-11,13,15,24,30H,12,14H2,(H,32,33). The fourth-order valence-corrected chi connectivity index (χ4v) is 3.90. The maximum Gasteiger partial charge on any atom is 0.416 e. The Kier molecular flexibility index (Phi) is 6.20. The lowest BCUT2D eigenvalue weighted by molar-refractivity contribution is -0.138. The summed E-state index contributed by atoms with van der Waals surface area (Å²) in [7, 11) is 0. The Morgan fingerprint density at radius 3 is 2.45 bits per heavy atom. The van der Waals surface area contributed by atoms with Gasteiger partial charge in [-0.1, -0.05) is 48.5 Å². The Morgan fingerprint density at radius 2 is 1.76 bits per heavy atom. The zero-order valence-corrected chi connectivity index (χ0v) is 17.3. The SMILES string of the molecule is O=C(O)Cc1cn(C(NCc2cccc(C(F)(F)F)c2)c2ccccc2)c2ccc(F)cc12. The van der Waals surface area contributed by atoms with Crippen LogP contribution in [0.5, 0.6) is 0 Å². The Hall–Kier alpha value is -3.65. The number of halogens is 4. The minimum absolute atomic E-state index is 0.124. The first kappa shape index (κ1) is 22.5. The van der Waals surface area contributed by atoms with Crippen molar-refractivity contribution in [2.75, 3.05) is 0 Å². The molecular formula is C25H20F4N2O2. The molecule has 0 radical (unpaired) electrons. The molecule has 3 aromatic carbocycles. The van der Waals surface area contributed by atoms with E-state index < -0.39 is 29.7 Å². The lowest BCUT2D eigenvalue weighted by Gasteiger charge is -2.23. The molecule has 0 aliphatic heterocycles. The number of nitrogens with zero attached hydrogens (tertiary/aromatic N) is 1. The van der Waals surface area contributed by atoms with Crippen molar-refractivity contribution >= 4 is 16.9 Å². The minimum atomic E-state index is -4.44. The maximum atomic E-state index is 13.9. The average Bonchev–Trinajstić information content (AvgIpc) is 3.11. The van der Waals surface area contributed by atoms with Crippen molar-refractivity contribution in [3.63, 3.8) is 0 Å². The first-order valence-corrected chi connectivity index (χ1v) is 10.2. The highest BCUT2D eigenvalue weighted by Gasteiger charge is 2.30. The van der Waals surface area contributed by atoms with Crippen LogP contribution in [0.2, 0.25) is 0 Å².